The zero-order valence-electron chi connectivity index (χ0n) is 17.0. The second-order valence-electron chi connectivity index (χ2n) is 7.66. The first-order chi connectivity index (χ1) is 15.2. The van der Waals surface area contributed by atoms with Crippen LogP contribution >= 0.6 is 11.3 Å². The Bertz CT molecular complexity index is 1270. The molecule has 0 aliphatic carbocycles. The van der Waals surface area contributed by atoms with Crippen LogP contribution in [-0.2, 0) is 11.3 Å². The third-order valence-corrected chi connectivity index (χ3v) is 6.66. The number of carbonyl (C=O) groups excluding carboxylic acids is 1. The third-order valence-electron chi connectivity index (χ3n) is 5.50. The van der Waals surface area contributed by atoms with Crippen molar-refractivity contribution in [3.05, 3.63) is 77.3 Å². The number of hydrogen-bond donors (Lipinski definition) is 1. The van der Waals surface area contributed by atoms with Gasteiger partial charge in [0, 0.05) is 29.3 Å². The second-order valence-corrected chi connectivity index (χ2v) is 8.71. The van der Waals surface area contributed by atoms with Crippen LogP contribution in [-0.4, -0.2) is 28.5 Å². The van der Waals surface area contributed by atoms with E-state index in [1.165, 1.54) is 40.8 Å². The molecule has 1 aliphatic rings. The monoisotopic (exact) mass is 430 g/mol. The fourth-order valence-corrected chi connectivity index (χ4v) is 4.95. The molecule has 31 heavy (non-hydrogen) atoms. The molecule has 0 atom stereocenters. The molecule has 5 rings (SSSR count). The molecule has 1 fully saturated rings. The van der Waals surface area contributed by atoms with Gasteiger partial charge in [-0.05, 0) is 48.7 Å². The molecule has 4 aromatic rings. The SMILES string of the molecule is O=C(Cn1cnc2cc(-c3ccccc3)sc2c1=O)Nc1ccc(N2CCCC2)cc1. The van der Waals surface area contributed by atoms with Crippen LogP contribution in [0.15, 0.2) is 71.8 Å². The van der Waals surface area contributed by atoms with Crippen molar-refractivity contribution in [1.29, 1.82) is 0 Å². The topological polar surface area (TPSA) is 67.2 Å². The van der Waals surface area contributed by atoms with Crippen molar-refractivity contribution in [3.63, 3.8) is 0 Å². The molecular weight excluding hydrogens is 408 g/mol. The summed E-state index contributed by atoms with van der Waals surface area (Å²) >= 11 is 1.40. The lowest BCUT2D eigenvalue weighted by atomic mass is 10.2. The zero-order chi connectivity index (χ0) is 21.2. The van der Waals surface area contributed by atoms with E-state index in [1.54, 1.807) is 0 Å². The van der Waals surface area contributed by atoms with E-state index in [4.69, 9.17) is 0 Å². The van der Waals surface area contributed by atoms with Gasteiger partial charge in [0.2, 0.25) is 5.91 Å². The second kappa shape index (κ2) is 8.35. The summed E-state index contributed by atoms with van der Waals surface area (Å²) in [5.74, 6) is -0.253. The van der Waals surface area contributed by atoms with Gasteiger partial charge in [-0.2, -0.15) is 0 Å². The molecule has 2 aromatic heterocycles. The van der Waals surface area contributed by atoms with Crippen molar-refractivity contribution in [2.24, 2.45) is 0 Å². The number of aromatic nitrogens is 2. The van der Waals surface area contributed by atoms with Crippen molar-refractivity contribution in [2.75, 3.05) is 23.3 Å². The molecule has 0 saturated carbocycles. The molecule has 156 valence electrons. The maximum Gasteiger partial charge on any atom is 0.271 e. The van der Waals surface area contributed by atoms with Crippen LogP contribution < -0.4 is 15.8 Å². The lowest BCUT2D eigenvalue weighted by molar-refractivity contribution is -0.116. The van der Waals surface area contributed by atoms with Gasteiger partial charge in [0.1, 0.15) is 11.2 Å². The highest BCUT2D eigenvalue weighted by Crippen LogP contribution is 2.30. The average molecular weight is 431 g/mol. The van der Waals surface area contributed by atoms with E-state index in [9.17, 15) is 9.59 Å². The number of fused-ring (bicyclic) bond motifs is 1. The van der Waals surface area contributed by atoms with E-state index < -0.39 is 0 Å². The van der Waals surface area contributed by atoms with Gasteiger partial charge in [-0.1, -0.05) is 30.3 Å². The number of amides is 1. The molecule has 1 N–H and O–H groups in total. The Morgan fingerprint density at radius 3 is 2.52 bits per heavy atom. The number of carbonyl (C=O) groups is 1. The largest absolute Gasteiger partial charge is 0.372 e. The Balaban J connectivity index is 1.31. The van der Waals surface area contributed by atoms with Crippen molar-refractivity contribution in [1.82, 2.24) is 9.55 Å². The Hall–Kier alpha value is -3.45. The molecule has 0 bridgehead atoms. The maximum absolute atomic E-state index is 12.9. The minimum atomic E-state index is -0.253. The number of thiophene rings is 1. The van der Waals surface area contributed by atoms with Crippen LogP contribution in [0.2, 0.25) is 0 Å². The normalized spacial score (nSPS) is 13.6. The Morgan fingerprint density at radius 1 is 1.03 bits per heavy atom. The summed E-state index contributed by atoms with van der Waals surface area (Å²) in [6.07, 6.45) is 3.90. The van der Waals surface area contributed by atoms with Gasteiger partial charge in [0.25, 0.3) is 5.56 Å². The van der Waals surface area contributed by atoms with Crippen LogP contribution in [0.1, 0.15) is 12.8 Å². The highest BCUT2D eigenvalue weighted by molar-refractivity contribution is 7.22. The van der Waals surface area contributed by atoms with E-state index in [2.05, 4.69) is 15.2 Å². The molecule has 0 radical (unpaired) electrons. The molecular formula is C24H22N4O2S. The minimum absolute atomic E-state index is 0.0752. The van der Waals surface area contributed by atoms with E-state index in [-0.39, 0.29) is 18.0 Å². The maximum atomic E-state index is 12.9. The Morgan fingerprint density at radius 2 is 1.77 bits per heavy atom. The molecule has 7 heteroatoms. The summed E-state index contributed by atoms with van der Waals surface area (Å²) in [5, 5.41) is 2.87. The lowest BCUT2D eigenvalue weighted by Crippen LogP contribution is -2.27. The van der Waals surface area contributed by atoms with Gasteiger partial charge >= 0.3 is 0 Å². The summed E-state index contributed by atoms with van der Waals surface area (Å²) < 4.78 is 1.92. The highest BCUT2D eigenvalue weighted by atomic mass is 32.1. The quantitative estimate of drug-likeness (QED) is 0.511. The third kappa shape index (κ3) is 4.09. The predicted molar refractivity (Wildman–Crippen MR) is 126 cm³/mol. The first-order valence-electron chi connectivity index (χ1n) is 10.4. The molecule has 0 spiro atoms. The Labute approximate surface area is 183 Å². The number of nitrogens with one attached hydrogen (secondary N) is 1. The van der Waals surface area contributed by atoms with Crippen LogP contribution in [0.5, 0.6) is 0 Å². The van der Waals surface area contributed by atoms with Gasteiger partial charge in [-0.3, -0.25) is 14.2 Å². The fraction of sp³-hybridized carbons (Fsp3) is 0.208. The van der Waals surface area contributed by atoms with Crippen LogP contribution in [0, 0.1) is 0 Å². The van der Waals surface area contributed by atoms with Crippen molar-refractivity contribution in [3.8, 4) is 10.4 Å². The van der Waals surface area contributed by atoms with Gasteiger partial charge in [-0.25, -0.2) is 4.98 Å². The minimum Gasteiger partial charge on any atom is -0.372 e. The highest BCUT2D eigenvalue weighted by Gasteiger charge is 2.14. The van der Waals surface area contributed by atoms with E-state index in [0.29, 0.717) is 10.2 Å². The summed E-state index contributed by atoms with van der Waals surface area (Å²) in [6, 6.07) is 19.7. The van der Waals surface area contributed by atoms with Crippen molar-refractivity contribution in [2.45, 2.75) is 19.4 Å². The first kappa shape index (κ1) is 19.5. The summed E-state index contributed by atoms with van der Waals surface area (Å²) in [4.78, 5) is 33.2. The predicted octanol–water partition coefficient (Wildman–Crippen LogP) is 4.36. The number of hydrogen-bond acceptors (Lipinski definition) is 5. The van der Waals surface area contributed by atoms with E-state index >= 15 is 0 Å². The van der Waals surface area contributed by atoms with E-state index in [0.717, 1.165) is 29.2 Å². The molecule has 3 heterocycles. The van der Waals surface area contributed by atoms with Crippen LogP contribution in [0.3, 0.4) is 0 Å². The number of nitrogens with zero attached hydrogens (tertiary/aromatic N) is 3. The number of benzene rings is 2. The smallest absolute Gasteiger partial charge is 0.271 e. The molecule has 1 aliphatic heterocycles. The number of anilines is 2. The molecule has 1 saturated heterocycles. The summed E-state index contributed by atoms with van der Waals surface area (Å²) in [5.41, 5.74) is 3.40. The molecule has 0 unspecified atom stereocenters. The summed E-state index contributed by atoms with van der Waals surface area (Å²) in [7, 11) is 0. The van der Waals surface area contributed by atoms with Gasteiger partial charge in [-0.15, -0.1) is 11.3 Å². The Kier molecular flexibility index (Phi) is 5.26. The molecule has 2 aromatic carbocycles. The molecule has 6 nitrogen and oxygen atoms in total. The molecule has 1 amide bonds. The standard InChI is InChI=1S/C24H22N4O2S/c29-22(26-18-8-10-19(11-9-18)27-12-4-5-13-27)15-28-16-25-20-14-21(31-23(20)24(28)30)17-6-2-1-3-7-17/h1-3,6-11,14,16H,4-5,12-13,15H2,(H,26,29). The zero-order valence-corrected chi connectivity index (χ0v) is 17.8. The van der Waals surface area contributed by atoms with Gasteiger partial charge in [0.15, 0.2) is 0 Å². The van der Waals surface area contributed by atoms with Gasteiger partial charge < -0.3 is 10.2 Å². The lowest BCUT2D eigenvalue weighted by Gasteiger charge is -2.17. The van der Waals surface area contributed by atoms with Gasteiger partial charge in [0.05, 0.1) is 11.8 Å². The first-order valence-corrected chi connectivity index (χ1v) is 11.2. The van der Waals surface area contributed by atoms with E-state index in [1.807, 2.05) is 60.7 Å². The van der Waals surface area contributed by atoms with Crippen LogP contribution in [0.25, 0.3) is 20.7 Å². The average Bonchev–Trinajstić information content (AvgIpc) is 3.48. The van der Waals surface area contributed by atoms with Crippen molar-refractivity contribution >= 4 is 38.8 Å². The fourth-order valence-electron chi connectivity index (χ4n) is 3.89. The summed E-state index contributed by atoms with van der Waals surface area (Å²) in [6.45, 7) is 2.09. The van der Waals surface area contributed by atoms with Crippen molar-refractivity contribution < 1.29 is 4.79 Å². The van der Waals surface area contributed by atoms with Crippen LogP contribution in [0.4, 0.5) is 11.4 Å². The number of rotatable bonds is 5.